The van der Waals surface area contributed by atoms with Gasteiger partial charge in [0.25, 0.3) is 0 Å². The Bertz CT molecular complexity index is 511. The number of carbonyl (C=O) groups is 1. The molecule has 1 aromatic rings. The summed E-state index contributed by atoms with van der Waals surface area (Å²) >= 11 is 1.70. The molecule has 3 atom stereocenters. The highest BCUT2D eigenvalue weighted by Gasteiger charge is 2.33. The van der Waals surface area contributed by atoms with Crippen molar-refractivity contribution in [2.75, 3.05) is 31.2 Å². The molecule has 0 spiro atoms. The van der Waals surface area contributed by atoms with Crippen LogP contribution in [0.15, 0.2) is 30.3 Å². The highest BCUT2D eigenvalue weighted by Crippen LogP contribution is 2.27. The third-order valence-corrected chi connectivity index (χ3v) is 5.81. The second kappa shape index (κ2) is 9.66. The molecule has 4 nitrogen and oxygen atoms in total. The number of ether oxygens (including phenoxy) is 1. The lowest BCUT2D eigenvalue weighted by molar-refractivity contribution is -0.127. The Morgan fingerprint density at radius 1 is 1.25 bits per heavy atom. The van der Waals surface area contributed by atoms with Crippen molar-refractivity contribution >= 4 is 30.1 Å². The fraction of sp³-hybridized carbons (Fsp3) is 0.611. The second-order valence-corrected chi connectivity index (χ2v) is 7.51. The zero-order valence-corrected chi connectivity index (χ0v) is 15.6. The van der Waals surface area contributed by atoms with Gasteiger partial charge in [0.1, 0.15) is 0 Å². The quantitative estimate of drug-likeness (QED) is 0.865. The maximum absolute atomic E-state index is 12.4. The van der Waals surface area contributed by atoms with E-state index in [0.29, 0.717) is 18.4 Å². The van der Waals surface area contributed by atoms with Gasteiger partial charge in [-0.3, -0.25) is 4.79 Å². The Labute approximate surface area is 154 Å². The maximum atomic E-state index is 12.4. The number of hydrogen-bond donors (Lipinski definition) is 1. The highest BCUT2D eigenvalue weighted by atomic mass is 35.5. The van der Waals surface area contributed by atoms with Crippen LogP contribution in [0.25, 0.3) is 0 Å². The van der Waals surface area contributed by atoms with Gasteiger partial charge >= 0.3 is 0 Å². The molecule has 1 unspecified atom stereocenters. The molecular formula is C18H27ClN2O2S. The van der Waals surface area contributed by atoms with E-state index in [1.54, 1.807) is 11.8 Å². The lowest BCUT2D eigenvalue weighted by Gasteiger charge is -2.22. The Hall–Kier alpha value is -0.750. The number of hydrogen-bond acceptors (Lipinski definition) is 4. The molecule has 0 saturated carbocycles. The maximum Gasteiger partial charge on any atom is 0.232 e. The number of nitrogens with zero attached hydrogens (tertiary/aromatic N) is 1. The van der Waals surface area contributed by atoms with E-state index >= 15 is 0 Å². The van der Waals surface area contributed by atoms with Crippen LogP contribution >= 0.6 is 24.2 Å². The van der Waals surface area contributed by atoms with E-state index in [1.807, 2.05) is 23.1 Å². The van der Waals surface area contributed by atoms with Gasteiger partial charge in [-0.25, -0.2) is 0 Å². The molecular weight excluding hydrogens is 344 g/mol. The molecule has 1 aromatic carbocycles. The summed E-state index contributed by atoms with van der Waals surface area (Å²) in [5, 5.41) is 0. The molecule has 2 fully saturated rings. The van der Waals surface area contributed by atoms with Crippen molar-refractivity contribution in [1.82, 2.24) is 4.90 Å². The number of thioether (sulfide) groups is 1. The minimum absolute atomic E-state index is 0. The number of halogens is 1. The third kappa shape index (κ3) is 5.12. The van der Waals surface area contributed by atoms with E-state index in [0.717, 1.165) is 25.3 Å². The summed E-state index contributed by atoms with van der Waals surface area (Å²) in [5.41, 5.74) is 7.50. The summed E-state index contributed by atoms with van der Waals surface area (Å²) in [6.45, 7) is 2.28. The largest absolute Gasteiger partial charge is 0.377 e. The van der Waals surface area contributed by atoms with Crippen molar-refractivity contribution in [1.29, 1.82) is 0 Å². The lowest BCUT2D eigenvalue weighted by atomic mass is 9.95. The fourth-order valence-corrected chi connectivity index (χ4v) is 4.39. The minimum atomic E-state index is 0. The van der Waals surface area contributed by atoms with Crippen molar-refractivity contribution in [3.63, 3.8) is 0 Å². The molecule has 0 aliphatic carbocycles. The summed E-state index contributed by atoms with van der Waals surface area (Å²) in [7, 11) is 0. The first-order valence-corrected chi connectivity index (χ1v) is 9.67. The predicted molar refractivity (Wildman–Crippen MR) is 102 cm³/mol. The molecule has 3 rings (SSSR count). The first-order chi connectivity index (χ1) is 11.2. The van der Waals surface area contributed by atoms with Gasteiger partial charge in [0, 0.05) is 37.4 Å². The van der Waals surface area contributed by atoms with E-state index in [9.17, 15) is 4.79 Å². The molecule has 2 aliphatic heterocycles. The Balaban J connectivity index is 0.00000208. The summed E-state index contributed by atoms with van der Waals surface area (Å²) in [4.78, 5) is 14.3. The van der Waals surface area contributed by atoms with E-state index in [4.69, 9.17) is 10.5 Å². The molecule has 2 heterocycles. The number of nitrogens with two attached hydrogens (primary N) is 1. The third-order valence-electron chi connectivity index (χ3n) is 4.75. The van der Waals surface area contributed by atoms with Crippen LogP contribution in [0.5, 0.6) is 0 Å². The van der Waals surface area contributed by atoms with Crippen LogP contribution in [0.2, 0.25) is 0 Å². The van der Waals surface area contributed by atoms with Gasteiger partial charge in [0.05, 0.1) is 11.9 Å². The predicted octanol–water partition coefficient (Wildman–Crippen LogP) is 2.66. The van der Waals surface area contributed by atoms with Gasteiger partial charge in [-0.2, -0.15) is 0 Å². The van der Waals surface area contributed by atoms with E-state index in [2.05, 4.69) is 12.1 Å². The Kier molecular flexibility index (Phi) is 7.88. The van der Waals surface area contributed by atoms with Gasteiger partial charge < -0.3 is 15.4 Å². The minimum Gasteiger partial charge on any atom is -0.377 e. The second-order valence-electron chi connectivity index (χ2n) is 6.48. The molecule has 0 aromatic heterocycles. The van der Waals surface area contributed by atoms with Gasteiger partial charge in [0.15, 0.2) is 0 Å². The van der Waals surface area contributed by atoms with E-state index in [1.165, 1.54) is 18.4 Å². The molecule has 6 heteroatoms. The number of amides is 1. The fourth-order valence-electron chi connectivity index (χ4n) is 3.39. The van der Waals surface area contributed by atoms with E-state index in [-0.39, 0.29) is 30.3 Å². The van der Waals surface area contributed by atoms with Crippen molar-refractivity contribution in [2.24, 2.45) is 5.73 Å². The average molecular weight is 371 g/mol. The van der Waals surface area contributed by atoms with Crippen molar-refractivity contribution in [2.45, 2.75) is 37.3 Å². The van der Waals surface area contributed by atoms with Crippen LogP contribution < -0.4 is 5.73 Å². The molecule has 2 N–H and O–H groups in total. The summed E-state index contributed by atoms with van der Waals surface area (Å²) < 4.78 is 5.71. The van der Waals surface area contributed by atoms with Crippen LogP contribution in [0.1, 0.15) is 30.7 Å². The number of likely N-dealkylation sites (tertiary alicyclic amines) is 1. The first-order valence-electron chi connectivity index (χ1n) is 8.51. The van der Waals surface area contributed by atoms with Crippen molar-refractivity contribution < 1.29 is 9.53 Å². The number of rotatable bonds is 5. The summed E-state index contributed by atoms with van der Waals surface area (Å²) in [6.07, 6.45) is 3.89. The van der Waals surface area contributed by atoms with Crippen LogP contribution in [0, 0.1) is 0 Å². The van der Waals surface area contributed by atoms with Gasteiger partial charge in [-0.15, -0.1) is 24.2 Å². The monoisotopic (exact) mass is 370 g/mol. The molecule has 24 heavy (non-hydrogen) atoms. The number of carbonyl (C=O) groups excluding carboxylic acids is 1. The standard InChI is InChI=1S/C18H26N2O2S.ClH/c19-17-11-20(10-16(17)14-6-2-1-3-7-14)18(21)13-23-12-15-8-4-5-9-22-15;/h1-3,6-7,15-17H,4-5,8-13,19H2;1H/t15?,16-,17+;/m0./s1. The van der Waals surface area contributed by atoms with Gasteiger partial charge in [0.2, 0.25) is 5.91 Å². The zero-order chi connectivity index (χ0) is 16.1. The molecule has 2 saturated heterocycles. The van der Waals surface area contributed by atoms with Crippen LogP contribution in [0.3, 0.4) is 0 Å². The molecule has 1 amide bonds. The molecule has 0 radical (unpaired) electrons. The molecule has 2 aliphatic rings. The average Bonchev–Trinajstić information content (AvgIpc) is 2.98. The van der Waals surface area contributed by atoms with Crippen molar-refractivity contribution in [3.8, 4) is 0 Å². The topological polar surface area (TPSA) is 55.6 Å². The Morgan fingerprint density at radius 2 is 2.04 bits per heavy atom. The summed E-state index contributed by atoms with van der Waals surface area (Å²) in [5.74, 6) is 1.92. The van der Waals surface area contributed by atoms with Crippen molar-refractivity contribution in [3.05, 3.63) is 35.9 Å². The zero-order valence-electron chi connectivity index (χ0n) is 13.9. The highest BCUT2D eigenvalue weighted by molar-refractivity contribution is 7.99. The lowest BCUT2D eigenvalue weighted by Crippen LogP contribution is -2.33. The molecule has 134 valence electrons. The normalized spacial score (nSPS) is 26.9. The van der Waals surface area contributed by atoms with E-state index < -0.39 is 0 Å². The number of benzene rings is 1. The van der Waals surface area contributed by atoms with Crippen LogP contribution in [-0.4, -0.2) is 54.2 Å². The first kappa shape index (κ1) is 19.6. The van der Waals surface area contributed by atoms with Crippen LogP contribution in [-0.2, 0) is 9.53 Å². The Morgan fingerprint density at radius 3 is 2.75 bits per heavy atom. The SMILES string of the molecule is Cl.N[C@@H]1CN(C(=O)CSCC2CCCCO2)C[C@H]1c1ccccc1. The van der Waals surface area contributed by atoms with Crippen LogP contribution in [0.4, 0.5) is 0 Å². The smallest absolute Gasteiger partial charge is 0.232 e. The van der Waals surface area contributed by atoms with Gasteiger partial charge in [-0.1, -0.05) is 30.3 Å². The van der Waals surface area contributed by atoms with Gasteiger partial charge in [-0.05, 0) is 24.8 Å². The molecule has 0 bridgehead atoms. The summed E-state index contributed by atoms with van der Waals surface area (Å²) in [6, 6.07) is 10.3.